The first kappa shape index (κ1) is 15.4. The van der Waals surface area contributed by atoms with Crippen LogP contribution < -0.4 is 5.56 Å². The van der Waals surface area contributed by atoms with E-state index in [1.165, 1.54) is 10.6 Å². The Morgan fingerprint density at radius 3 is 2.86 bits per heavy atom. The van der Waals surface area contributed by atoms with E-state index in [0.29, 0.717) is 13.1 Å². The molecule has 0 atom stereocenters. The lowest BCUT2D eigenvalue weighted by atomic mass is 10.3. The van der Waals surface area contributed by atoms with Crippen molar-refractivity contribution in [3.05, 3.63) is 63.2 Å². The van der Waals surface area contributed by atoms with Crippen LogP contribution in [0.5, 0.6) is 0 Å². The van der Waals surface area contributed by atoms with Crippen LogP contribution in [0.15, 0.2) is 52.0 Å². The van der Waals surface area contributed by atoms with E-state index >= 15 is 0 Å². The van der Waals surface area contributed by atoms with Crippen molar-refractivity contribution in [2.75, 3.05) is 7.05 Å². The molecule has 0 N–H and O–H groups in total. The lowest BCUT2D eigenvalue weighted by Crippen LogP contribution is -2.29. The minimum absolute atomic E-state index is 0.0208. The second-order valence-corrected chi connectivity index (χ2v) is 5.62. The van der Waals surface area contributed by atoms with Crippen molar-refractivity contribution in [3.63, 3.8) is 0 Å². The van der Waals surface area contributed by atoms with Crippen LogP contribution in [0.4, 0.5) is 0 Å². The van der Waals surface area contributed by atoms with Crippen LogP contribution >= 0.6 is 15.9 Å². The van der Waals surface area contributed by atoms with E-state index in [1.807, 2.05) is 18.2 Å². The standard InChI is InChI=1S/C15H16BrN3O2/c1-18(11-13-4-2-3-8-17-13)14(20)7-9-19-10-12(16)5-6-15(19)21/h2-6,8,10H,7,9,11H2,1H3. The van der Waals surface area contributed by atoms with Crippen LogP contribution in [0.2, 0.25) is 0 Å². The molecule has 2 aromatic rings. The molecule has 21 heavy (non-hydrogen) atoms. The normalized spacial score (nSPS) is 10.4. The summed E-state index contributed by atoms with van der Waals surface area (Å²) in [5, 5.41) is 0. The van der Waals surface area contributed by atoms with Gasteiger partial charge in [0.15, 0.2) is 0 Å². The second-order valence-electron chi connectivity index (χ2n) is 4.70. The summed E-state index contributed by atoms with van der Waals surface area (Å²) < 4.78 is 2.34. The molecule has 0 bridgehead atoms. The summed E-state index contributed by atoms with van der Waals surface area (Å²) in [4.78, 5) is 29.5. The summed E-state index contributed by atoms with van der Waals surface area (Å²) in [6.07, 6.45) is 3.67. The molecule has 2 rings (SSSR count). The Kier molecular flexibility index (Phi) is 5.27. The average molecular weight is 350 g/mol. The zero-order valence-electron chi connectivity index (χ0n) is 11.7. The molecule has 0 aliphatic heterocycles. The van der Waals surface area contributed by atoms with Gasteiger partial charge in [-0.15, -0.1) is 0 Å². The number of aryl methyl sites for hydroxylation is 1. The van der Waals surface area contributed by atoms with Gasteiger partial charge >= 0.3 is 0 Å². The molecule has 110 valence electrons. The minimum atomic E-state index is -0.113. The Labute approximate surface area is 131 Å². The third-order valence-corrected chi connectivity index (χ3v) is 3.53. The van der Waals surface area contributed by atoms with Crippen LogP contribution in [0.3, 0.4) is 0 Å². The van der Waals surface area contributed by atoms with Crippen molar-refractivity contribution in [3.8, 4) is 0 Å². The zero-order chi connectivity index (χ0) is 15.2. The van der Waals surface area contributed by atoms with Gasteiger partial charge in [-0.3, -0.25) is 14.6 Å². The van der Waals surface area contributed by atoms with E-state index in [-0.39, 0.29) is 17.9 Å². The largest absolute Gasteiger partial charge is 0.340 e. The molecule has 0 aromatic carbocycles. The predicted molar refractivity (Wildman–Crippen MR) is 83.7 cm³/mol. The van der Waals surface area contributed by atoms with E-state index in [4.69, 9.17) is 0 Å². The molecular formula is C15H16BrN3O2. The fraction of sp³-hybridized carbons (Fsp3) is 0.267. The number of nitrogens with zero attached hydrogens (tertiary/aromatic N) is 3. The molecule has 0 saturated carbocycles. The number of halogens is 1. The Morgan fingerprint density at radius 2 is 2.14 bits per heavy atom. The van der Waals surface area contributed by atoms with Gasteiger partial charge in [-0.05, 0) is 34.1 Å². The summed E-state index contributed by atoms with van der Waals surface area (Å²) in [5.41, 5.74) is 0.728. The third kappa shape index (κ3) is 4.53. The van der Waals surface area contributed by atoms with E-state index < -0.39 is 0 Å². The third-order valence-electron chi connectivity index (χ3n) is 3.07. The number of hydrogen-bond donors (Lipinski definition) is 0. The van der Waals surface area contributed by atoms with Gasteiger partial charge in [-0.2, -0.15) is 0 Å². The Morgan fingerprint density at radius 1 is 1.33 bits per heavy atom. The number of amides is 1. The second kappa shape index (κ2) is 7.17. The van der Waals surface area contributed by atoms with Gasteiger partial charge in [0.2, 0.25) is 5.91 Å². The summed E-state index contributed by atoms with van der Waals surface area (Å²) in [5.74, 6) is -0.0208. The van der Waals surface area contributed by atoms with Crippen LogP contribution in [0, 0.1) is 0 Å². The highest BCUT2D eigenvalue weighted by Gasteiger charge is 2.10. The van der Waals surface area contributed by atoms with Gasteiger partial charge in [0.05, 0.1) is 12.2 Å². The molecule has 0 aliphatic carbocycles. The molecule has 0 fully saturated rings. The Bertz CT molecular complexity index is 670. The Hall–Kier alpha value is -1.95. The van der Waals surface area contributed by atoms with Crippen molar-refractivity contribution in [1.29, 1.82) is 0 Å². The van der Waals surface area contributed by atoms with Crippen molar-refractivity contribution >= 4 is 21.8 Å². The van der Waals surface area contributed by atoms with Gasteiger partial charge in [0.25, 0.3) is 5.56 Å². The first-order chi connectivity index (χ1) is 10.1. The monoisotopic (exact) mass is 349 g/mol. The molecule has 2 aromatic heterocycles. The highest BCUT2D eigenvalue weighted by Crippen LogP contribution is 2.06. The van der Waals surface area contributed by atoms with Gasteiger partial charge in [-0.1, -0.05) is 6.07 Å². The highest BCUT2D eigenvalue weighted by atomic mass is 79.9. The summed E-state index contributed by atoms with van der Waals surface area (Å²) >= 11 is 3.31. The predicted octanol–water partition coefficient (Wildman–Crippen LogP) is 2.05. The summed E-state index contributed by atoms with van der Waals surface area (Å²) in [6.45, 7) is 0.830. The van der Waals surface area contributed by atoms with Crippen LogP contribution in [0.1, 0.15) is 12.1 Å². The molecule has 2 heterocycles. The lowest BCUT2D eigenvalue weighted by Gasteiger charge is -2.17. The van der Waals surface area contributed by atoms with Crippen molar-refractivity contribution in [2.45, 2.75) is 19.5 Å². The first-order valence-corrected chi connectivity index (χ1v) is 7.35. The van der Waals surface area contributed by atoms with Crippen molar-refractivity contribution < 1.29 is 4.79 Å². The van der Waals surface area contributed by atoms with Gasteiger partial charge < -0.3 is 9.47 Å². The van der Waals surface area contributed by atoms with E-state index in [1.54, 1.807) is 30.4 Å². The molecule has 0 unspecified atom stereocenters. The number of pyridine rings is 2. The number of hydrogen-bond acceptors (Lipinski definition) is 3. The summed E-state index contributed by atoms with van der Waals surface area (Å²) in [7, 11) is 1.74. The number of carbonyl (C=O) groups excluding carboxylic acids is 1. The topological polar surface area (TPSA) is 55.2 Å². The quantitative estimate of drug-likeness (QED) is 0.830. The molecule has 0 radical (unpaired) electrons. The fourth-order valence-electron chi connectivity index (χ4n) is 1.91. The number of aromatic nitrogens is 2. The maximum atomic E-state index is 12.1. The van der Waals surface area contributed by atoms with Gasteiger partial charge in [0, 0.05) is 42.9 Å². The fourth-order valence-corrected chi connectivity index (χ4v) is 2.29. The van der Waals surface area contributed by atoms with Crippen LogP contribution in [-0.2, 0) is 17.9 Å². The molecule has 0 saturated heterocycles. The van der Waals surface area contributed by atoms with Crippen LogP contribution in [0.25, 0.3) is 0 Å². The first-order valence-electron chi connectivity index (χ1n) is 6.56. The minimum Gasteiger partial charge on any atom is -0.340 e. The molecule has 0 aliphatic rings. The number of rotatable bonds is 5. The average Bonchev–Trinajstić information content (AvgIpc) is 2.49. The molecular weight excluding hydrogens is 334 g/mol. The van der Waals surface area contributed by atoms with Crippen molar-refractivity contribution in [2.24, 2.45) is 0 Å². The number of carbonyl (C=O) groups is 1. The Balaban J connectivity index is 1.92. The maximum Gasteiger partial charge on any atom is 0.250 e. The highest BCUT2D eigenvalue weighted by molar-refractivity contribution is 9.10. The van der Waals surface area contributed by atoms with E-state index in [2.05, 4.69) is 20.9 Å². The zero-order valence-corrected chi connectivity index (χ0v) is 13.3. The van der Waals surface area contributed by atoms with Gasteiger partial charge in [-0.25, -0.2) is 0 Å². The molecule has 0 spiro atoms. The van der Waals surface area contributed by atoms with E-state index in [9.17, 15) is 9.59 Å². The molecule has 1 amide bonds. The SMILES string of the molecule is CN(Cc1ccccn1)C(=O)CCn1cc(Br)ccc1=O. The lowest BCUT2D eigenvalue weighted by molar-refractivity contribution is -0.130. The van der Waals surface area contributed by atoms with E-state index in [0.717, 1.165) is 10.2 Å². The van der Waals surface area contributed by atoms with Crippen LogP contribution in [-0.4, -0.2) is 27.4 Å². The molecule has 5 nitrogen and oxygen atoms in total. The molecule has 6 heteroatoms. The smallest absolute Gasteiger partial charge is 0.250 e. The maximum absolute atomic E-state index is 12.1. The van der Waals surface area contributed by atoms with Crippen molar-refractivity contribution in [1.82, 2.24) is 14.5 Å². The summed E-state index contributed by atoms with van der Waals surface area (Å²) in [6, 6.07) is 8.77. The van der Waals surface area contributed by atoms with Gasteiger partial charge in [0.1, 0.15) is 0 Å².